The highest BCUT2D eigenvalue weighted by Crippen LogP contribution is 2.04. The second-order valence-electron chi connectivity index (χ2n) is 3.93. The van der Waals surface area contributed by atoms with Gasteiger partial charge in [-0.1, -0.05) is 0 Å². The van der Waals surface area contributed by atoms with Gasteiger partial charge in [-0.2, -0.15) is 5.10 Å². The molecule has 1 unspecified atom stereocenters. The predicted octanol–water partition coefficient (Wildman–Crippen LogP) is 1.22. The van der Waals surface area contributed by atoms with E-state index in [9.17, 15) is 8.78 Å². The molecule has 1 aromatic heterocycles. The normalized spacial score (nSPS) is 13.2. The Hall–Kier alpha value is -1.01. The zero-order valence-electron chi connectivity index (χ0n) is 10.2. The number of likely N-dealkylation sites (N-methyl/N-ethyl adjacent to an activating group) is 1. The van der Waals surface area contributed by atoms with E-state index in [0.29, 0.717) is 13.0 Å². The number of nitrogens with one attached hydrogen (secondary N) is 1. The maximum atomic E-state index is 11.8. The maximum absolute atomic E-state index is 11.8. The monoisotopic (exact) mass is 247 g/mol. The fourth-order valence-corrected chi connectivity index (χ4v) is 1.57. The molecule has 1 heterocycles. The summed E-state index contributed by atoms with van der Waals surface area (Å²) in [5.41, 5.74) is 0.987. The van der Waals surface area contributed by atoms with Crippen molar-refractivity contribution in [3.8, 4) is 0 Å². The molecule has 0 amide bonds. The molecule has 98 valence electrons. The van der Waals surface area contributed by atoms with Gasteiger partial charge in [0.05, 0.1) is 5.69 Å². The molecule has 4 nitrogen and oxygen atoms in total. The Balaban J connectivity index is 2.24. The van der Waals surface area contributed by atoms with Gasteiger partial charge in [0, 0.05) is 32.3 Å². The van der Waals surface area contributed by atoms with Crippen molar-refractivity contribution < 1.29 is 13.5 Å². The third kappa shape index (κ3) is 5.74. The minimum Gasteiger partial charge on any atom is -0.375 e. The van der Waals surface area contributed by atoms with Crippen molar-refractivity contribution in [2.45, 2.75) is 25.3 Å². The first-order valence-electron chi connectivity index (χ1n) is 5.63. The minimum absolute atomic E-state index is 0.197. The van der Waals surface area contributed by atoms with Gasteiger partial charge in [-0.05, 0) is 19.5 Å². The van der Waals surface area contributed by atoms with Crippen LogP contribution in [0, 0.1) is 0 Å². The summed E-state index contributed by atoms with van der Waals surface area (Å²) in [5, 5.41) is 7.40. The average Bonchev–Trinajstić information content (AvgIpc) is 2.68. The van der Waals surface area contributed by atoms with Crippen LogP contribution in [0.15, 0.2) is 12.3 Å². The zero-order chi connectivity index (χ0) is 12.7. The van der Waals surface area contributed by atoms with Crippen molar-refractivity contribution in [1.82, 2.24) is 15.1 Å². The summed E-state index contributed by atoms with van der Waals surface area (Å²) in [6.07, 6.45) is 0.962. The molecule has 0 saturated carbocycles. The van der Waals surface area contributed by atoms with Crippen molar-refractivity contribution in [1.29, 1.82) is 0 Å². The number of hydrogen-bond acceptors (Lipinski definition) is 3. The Labute approximate surface area is 100.0 Å². The Bertz CT molecular complexity index is 317. The lowest BCUT2D eigenvalue weighted by Crippen LogP contribution is -2.29. The van der Waals surface area contributed by atoms with Crippen molar-refractivity contribution in [3.63, 3.8) is 0 Å². The molecule has 0 aliphatic rings. The third-order valence-electron chi connectivity index (χ3n) is 2.49. The van der Waals surface area contributed by atoms with E-state index in [4.69, 9.17) is 4.74 Å². The summed E-state index contributed by atoms with van der Waals surface area (Å²) in [6, 6.07) is 2.15. The molecule has 1 N–H and O–H groups in total. The van der Waals surface area contributed by atoms with Gasteiger partial charge in [0.25, 0.3) is 6.43 Å². The second kappa shape index (κ2) is 7.34. The summed E-state index contributed by atoms with van der Waals surface area (Å²) in [5.74, 6) is 0. The molecule has 1 atom stereocenters. The Morgan fingerprint density at radius 2 is 2.29 bits per heavy atom. The molecule has 0 aliphatic carbocycles. The smallest absolute Gasteiger partial charge is 0.261 e. The van der Waals surface area contributed by atoms with E-state index in [1.54, 1.807) is 4.68 Å². The largest absolute Gasteiger partial charge is 0.375 e. The van der Waals surface area contributed by atoms with Crippen LogP contribution < -0.4 is 5.32 Å². The first kappa shape index (κ1) is 14.1. The van der Waals surface area contributed by atoms with Gasteiger partial charge in [-0.25, -0.2) is 8.78 Å². The van der Waals surface area contributed by atoms with Crippen LogP contribution in [0.3, 0.4) is 0 Å². The fraction of sp³-hybridized carbons (Fsp3) is 0.727. The van der Waals surface area contributed by atoms with Gasteiger partial charge in [-0.15, -0.1) is 0 Å². The minimum atomic E-state index is -2.39. The van der Waals surface area contributed by atoms with Crippen LogP contribution in [-0.2, 0) is 18.2 Å². The van der Waals surface area contributed by atoms with Crippen LogP contribution in [0.4, 0.5) is 8.78 Å². The fourth-order valence-electron chi connectivity index (χ4n) is 1.57. The van der Waals surface area contributed by atoms with Crippen LogP contribution in [0.2, 0.25) is 0 Å². The number of aryl methyl sites for hydroxylation is 1. The number of ether oxygens (including phenoxy) is 1. The Morgan fingerprint density at radius 3 is 2.82 bits per heavy atom. The number of rotatable bonds is 8. The number of aromatic nitrogens is 2. The number of hydrogen-bond donors (Lipinski definition) is 1. The van der Waals surface area contributed by atoms with Gasteiger partial charge < -0.3 is 10.1 Å². The van der Waals surface area contributed by atoms with Gasteiger partial charge in [0.15, 0.2) is 0 Å². The lowest BCUT2D eigenvalue weighted by molar-refractivity contribution is 0.0146. The van der Waals surface area contributed by atoms with Gasteiger partial charge in [0.1, 0.15) is 6.61 Å². The lowest BCUT2D eigenvalue weighted by Gasteiger charge is -2.14. The topological polar surface area (TPSA) is 39.1 Å². The van der Waals surface area contributed by atoms with Crippen LogP contribution in [0.25, 0.3) is 0 Å². The molecule has 0 bridgehead atoms. The third-order valence-corrected chi connectivity index (χ3v) is 2.49. The van der Waals surface area contributed by atoms with E-state index < -0.39 is 13.0 Å². The molecule has 0 aromatic carbocycles. The van der Waals surface area contributed by atoms with Crippen molar-refractivity contribution in [2.75, 3.05) is 20.3 Å². The molecule has 6 heteroatoms. The molecule has 1 rings (SSSR count). The average molecular weight is 247 g/mol. The van der Waals surface area contributed by atoms with Crippen molar-refractivity contribution >= 4 is 0 Å². The summed E-state index contributed by atoms with van der Waals surface area (Å²) >= 11 is 0. The van der Waals surface area contributed by atoms with Crippen LogP contribution in [0.1, 0.15) is 12.1 Å². The van der Waals surface area contributed by atoms with E-state index in [1.165, 1.54) is 0 Å². The van der Waals surface area contributed by atoms with E-state index >= 15 is 0 Å². The quantitative estimate of drug-likeness (QED) is 0.702. The summed E-state index contributed by atoms with van der Waals surface area (Å²) in [7, 11) is 3.71. The van der Waals surface area contributed by atoms with Crippen LogP contribution in [0.5, 0.6) is 0 Å². The standard InChI is InChI=1S/C11H19F2N3O/c1-14-9(4-6-17-8-11(12)13)7-10-3-5-16(2)15-10/h3,5,9,11,14H,4,6-8H2,1-2H3. The van der Waals surface area contributed by atoms with E-state index in [-0.39, 0.29) is 6.04 Å². The molecule has 0 aliphatic heterocycles. The van der Waals surface area contributed by atoms with E-state index in [2.05, 4.69) is 10.4 Å². The number of alkyl halides is 2. The summed E-state index contributed by atoms with van der Waals surface area (Å²) < 4.78 is 30.3. The highest BCUT2D eigenvalue weighted by Gasteiger charge is 2.10. The molecule has 0 saturated heterocycles. The van der Waals surface area contributed by atoms with Gasteiger partial charge in [0.2, 0.25) is 0 Å². The van der Waals surface area contributed by atoms with E-state index in [1.807, 2.05) is 26.4 Å². The highest BCUT2D eigenvalue weighted by atomic mass is 19.3. The predicted molar refractivity (Wildman–Crippen MR) is 61.2 cm³/mol. The van der Waals surface area contributed by atoms with E-state index in [0.717, 1.165) is 12.1 Å². The molecule has 1 aromatic rings. The number of nitrogens with zero attached hydrogens (tertiary/aromatic N) is 2. The number of halogens is 2. The second-order valence-corrected chi connectivity index (χ2v) is 3.93. The Kier molecular flexibility index (Phi) is 6.07. The van der Waals surface area contributed by atoms with Gasteiger partial charge in [-0.3, -0.25) is 4.68 Å². The lowest BCUT2D eigenvalue weighted by atomic mass is 10.1. The molecule has 0 spiro atoms. The molecule has 17 heavy (non-hydrogen) atoms. The van der Waals surface area contributed by atoms with Gasteiger partial charge >= 0.3 is 0 Å². The highest BCUT2D eigenvalue weighted by molar-refractivity contribution is 5.01. The van der Waals surface area contributed by atoms with Crippen LogP contribution >= 0.6 is 0 Å². The Morgan fingerprint density at radius 1 is 1.53 bits per heavy atom. The summed E-state index contributed by atoms with van der Waals surface area (Å²) in [4.78, 5) is 0. The summed E-state index contributed by atoms with van der Waals surface area (Å²) in [6.45, 7) is -0.150. The molecular weight excluding hydrogens is 228 g/mol. The first-order valence-corrected chi connectivity index (χ1v) is 5.63. The molecular formula is C11H19F2N3O. The van der Waals surface area contributed by atoms with Crippen molar-refractivity contribution in [3.05, 3.63) is 18.0 Å². The molecule has 0 radical (unpaired) electrons. The van der Waals surface area contributed by atoms with Crippen molar-refractivity contribution in [2.24, 2.45) is 7.05 Å². The molecule has 0 fully saturated rings. The SMILES string of the molecule is CNC(CCOCC(F)F)Cc1ccn(C)n1. The zero-order valence-corrected chi connectivity index (χ0v) is 10.2. The van der Waals surface area contributed by atoms with Crippen LogP contribution in [-0.4, -0.2) is 42.5 Å². The first-order chi connectivity index (χ1) is 8.11. The maximum Gasteiger partial charge on any atom is 0.261 e.